The summed E-state index contributed by atoms with van der Waals surface area (Å²) in [6.07, 6.45) is 0.0884. The van der Waals surface area contributed by atoms with Crippen molar-refractivity contribution in [3.05, 3.63) is 48.0 Å². The van der Waals surface area contributed by atoms with Crippen molar-refractivity contribution < 1.29 is 19.4 Å². The van der Waals surface area contributed by atoms with Crippen molar-refractivity contribution in [2.24, 2.45) is 0 Å². The SMILES string of the molecule is CCOc1cc(C(=O)CCC(=O)Nc2nc3ccccc3n2CC)ccc1O. The van der Waals surface area contributed by atoms with Crippen LogP contribution in [0.25, 0.3) is 11.0 Å². The lowest BCUT2D eigenvalue weighted by Crippen LogP contribution is -2.16. The van der Waals surface area contributed by atoms with Gasteiger partial charge in [0.15, 0.2) is 17.3 Å². The molecule has 0 radical (unpaired) electrons. The molecule has 0 fully saturated rings. The van der Waals surface area contributed by atoms with E-state index in [1.54, 1.807) is 6.92 Å². The molecule has 7 heteroatoms. The first kappa shape index (κ1) is 19.4. The van der Waals surface area contributed by atoms with Crippen LogP contribution in [0.5, 0.6) is 11.5 Å². The summed E-state index contributed by atoms with van der Waals surface area (Å²) in [4.78, 5) is 29.2. The third kappa shape index (κ3) is 4.14. The molecule has 0 unspecified atom stereocenters. The molecule has 2 N–H and O–H groups in total. The van der Waals surface area contributed by atoms with Crippen molar-refractivity contribution in [3.8, 4) is 11.5 Å². The van der Waals surface area contributed by atoms with Crippen molar-refractivity contribution in [1.82, 2.24) is 9.55 Å². The van der Waals surface area contributed by atoms with E-state index < -0.39 is 0 Å². The Balaban J connectivity index is 1.65. The van der Waals surface area contributed by atoms with E-state index in [1.807, 2.05) is 35.8 Å². The lowest BCUT2D eigenvalue weighted by atomic mass is 10.1. The predicted octanol–water partition coefficient (Wildman–Crippen LogP) is 3.76. The van der Waals surface area contributed by atoms with Crippen LogP contribution in [0.1, 0.15) is 37.0 Å². The Bertz CT molecular complexity index is 1010. The van der Waals surface area contributed by atoms with Crippen LogP contribution in [0.3, 0.4) is 0 Å². The Morgan fingerprint density at radius 2 is 1.93 bits per heavy atom. The van der Waals surface area contributed by atoms with Gasteiger partial charge in [-0.3, -0.25) is 14.9 Å². The Kier molecular flexibility index (Phi) is 5.93. The quantitative estimate of drug-likeness (QED) is 0.580. The van der Waals surface area contributed by atoms with E-state index in [9.17, 15) is 14.7 Å². The third-order valence-corrected chi connectivity index (χ3v) is 4.38. The average Bonchev–Trinajstić information content (AvgIpc) is 3.04. The maximum absolute atomic E-state index is 12.4. The van der Waals surface area contributed by atoms with Crippen LogP contribution in [0.4, 0.5) is 5.95 Å². The number of ketones is 1. The molecule has 0 atom stereocenters. The molecule has 1 heterocycles. The van der Waals surface area contributed by atoms with Crippen molar-refractivity contribution in [3.63, 3.8) is 0 Å². The maximum Gasteiger partial charge on any atom is 0.227 e. The molecule has 7 nitrogen and oxygen atoms in total. The van der Waals surface area contributed by atoms with Gasteiger partial charge in [-0.2, -0.15) is 0 Å². The van der Waals surface area contributed by atoms with Gasteiger partial charge < -0.3 is 14.4 Å². The average molecular weight is 381 g/mol. The van der Waals surface area contributed by atoms with E-state index in [0.29, 0.717) is 24.7 Å². The third-order valence-electron chi connectivity index (χ3n) is 4.38. The molecule has 146 valence electrons. The van der Waals surface area contributed by atoms with E-state index in [-0.39, 0.29) is 36.0 Å². The highest BCUT2D eigenvalue weighted by molar-refractivity contribution is 6.00. The second-order valence-corrected chi connectivity index (χ2v) is 6.26. The normalized spacial score (nSPS) is 10.8. The minimum absolute atomic E-state index is 0.0189. The van der Waals surface area contributed by atoms with Crippen LogP contribution in [0.2, 0.25) is 0 Å². The molecule has 0 aliphatic heterocycles. The van der Waals surface area contributed by atoms with E-state index >= 15 is 0 Å². The van der Waals surface area contributed by atoms with E-state index in [2.05, 4.69) is 10.3 Å². The van der Waals surface area contributed by atoms with Gasteiger partial charge in [0.25, 0.3) is 0 Å². The number of carbonyl (C=O) groups excluding carboxylic acids is 2. The maximum atomic E-state index is 12.4. The van der Waals surface area contributed by atoms with Crippen LogP contribution in [-0.2, 0) is 11.3 Å². The van der Waals surface area contributed by atoms with E-state index in [1.165, 1.54) is 18.2 Å². The van der Waals surface area contributed by atoms with Gasteiger partial charge in [-0.25, -0.2) is 4.98 Å². The number of carbonyl (C=O) groups is 2. The molecule has 0 saturated heterocycles. The summed E-state index contributed by atoms with van der Waals surface area (Å²) in [7, 11) is 0. The number of para-hydroxylation sites is 2. The number of nitrogens with zero attached hydrogens (tertiary/aromatic N) is 2. The zero-order chi connectivity index (χ0) is 20.1. The summed E-state index contributed by atoms with van der Waals surface area (Å²) < 4.78 is 7.21. The zero-order valence-electron chi connectivity index (χ0n) is 15.9. The first-order valence-corrected chi connectivity index (χ1v) is 9.27. The van der Waals surface area contributed by atoms with Crippen molar-refractivity contribution in [1.29, 1.82) is 0 Å². The van der Waals surface area contributed by atoms with Crippen molar-refractivity contribution >= 4 is 28.7 Å². The number of hydrogen-bond donors (Lipinski definition) is 2. The molecule has 0 saturated carbocycles. The van der Waals surface area contributed by atoms with Gasteiger partial charge in [-0.15, -0.1) is 0 Å². The molecular formula is C21H23N3O4. The Morgan fingerprint density at radius 1 is 1.14 bits per heavy atom. The standard InChI is InChI=1S/C21H23N3O4/c1-3-24-16-8-6-5-7-15(16)22-21(24)23-20(27)12-11-17(25)14-9-10-18(26)19(13-14)28-4-2/h5-10,13,26H,3-4,11-12H2,1-2H3,(H,22,23,27). The smallest absolute Gasteiger partial charge is 0.227 e. The van der Waals surface area contributed by atoms with Gasteiger partial charge in [-0.05, 0) is 44.2 Å². The Hall–Kier alpha value is -3.35. The van der Waals surface area contributed by atoms with Gasteiger partial charge in [-0.1, -0.05) is 12.1 Å². The van der Waals surface area contributed by atoms with Crippen molar-refractivity contribution in [2.75, 3.05) is 11.9 Å². The molecule has 0 aliphatic carbocycles. The van der Waals surface area contributed by atoms with Crippen LogP contribution < -0.4 is 10.1 Å². The highest BCUT2D eigenvalue weighted by Crippen LogP contribution is 2.27. The summed E-state index contributed by atoms with van der Waals surface area (Å²) in [5.74, 6) is 0.246. The number of nitrogens with one attached hydrogen (secondary N) is 1. The number of aromatic nitrogens is 2. The minimum Gasteiger partial charge on any atom is -0.504 e. The molecule has 28 heavy (non-hydrogen) atoms. The van der Waals surface area contributed by atoms with Gasteiger partial charge in [0.1, 0.15) is 0 Å². The first-order chi connectivity index (χ1) is 13.5. The number of aromatic hydroxyl groups is 1. The van der Waals surface area contributed by atoms with Crippen LogP contribution in [0, 0.1) is 0 Å². The largest absolute Gasteiger partial charge is 0.504 e. The number of anilines is 1. The number of benzene rings is 2. The summed E-state index contributed by atoms with van der Waals surface area (Å²) in [5.41, 5.74) is 2.15. The molecule has 2 aromatic carbocycles. The highest BCUT2D eigenvalue weighted by Gasteiger charge is 2.15. The highest BCUT2D eigenvalue weighted by atomic mass is 16.5. The van der Waals surface area contributed by atoms with Crippen LogP contribution >= 0.6 is 0 Å². The molecule has 1 amide bonds. The predicted molar refractivity (Wildman–Crippen MR) is 107 cm³/mol. The second-order valence-electron chi connectivity index (χ2n) is 6.26. The number of fused-ring (bicyclic) bond motifs is 1. The lowest BCUT2D eigenvalue weighted by Gasteiger charge is -2.09. The molecule has 1 aromatic heterocycles. The zero-order valence-corrected chi connectivity index (χ0v) is 15.9. The van der Waals surface area contributed by atoms with E-state index in [4.69, 9.17) is 4.74 Å². The molecule has 3 rings (SSSR count). The number of Topliss-reactive ketones (excluding diaryl/α,β-unsaturated/α-hetero) is 1. The van der Waals surface area contributed by atoms with Gasteiger partial charge >= 0.3 is 0 Å². The number of phenols is 1. The fraction of sp³-hybridized carbons (Fsp3) is 0.286. The van der Waals surface area contributed by atoms with Crippen LogP contribution in [0.15, 0.2) is 42.5 Å². The van der Waals surface area contributed by atoms with E-state index in [0.717, 1.165) is 11.0 Å². The molecular weight excluding hydrogens is 358 g/mol. The first-order valence-electron chi connectivity index (χ1n) is 9.27. The summed E-state index contributed by atoms with van der Waals surface area (Å²) in [6.45, 7) is 4.82. The monoisotopic (exact) mass is 381 g/mol. The number of phenolic OH excluding ortho intramolecular Hbond substituents is 1. The number of ether oxygens (including phenoxy) is 1. The number of amides is 1. The van der Waals surface area contributed by atoms with Gasteiger partial charge in [0.2, 0.25) is 11.9 Å². The number of aryl methyl sites for hydroxylation is 1. The van der Waals surface area contributed by atoms with Crippen molar-refractivity contribution in [2.45, 2.75) is 33.2 Å². The second kappa shape index (κ2) is 8.56. The molecule has 0 bridgehead atoms. The number of hydrogen-bond acceptors (Lipinski definition) is 5. The van der Waals surface area contributed by atoms with Gasteiger partial charge in [0, 0.05) is 24.9 Å². The lowest BCUT2D eigenvalue weighted by molar-refractivity contribution is -0.116. The molecule has 0 spiro atoms. The summed E-state index contributed by atoms with van der Waals surface area (Å²) in [6, 6.07) is 12.1. The summed E-state index contributed by atoms with van der Waals surface area (Å²) in [5, 5.41) is 12.5. The van der Waals surface area contributed by atoms with Gasteiger partial charge in [0.05, 0.1) is 17.6 Å². The number of rotatable bonds is 8. The van der Waals surface area contributed by atoms with Crippen LogP contribution in [-0.4, -0.2) is 33.0 Å². The molecule has 3 aromatic rings. The fourth-order valence-corrected chi connectivity index (χ4v) is 3.01. The Labute approximate surface area is 163 Å². The Morgan fingerprint density at radius 3 is 2.68 bits per heavy atom. The summed E-state index contributed by atoms with van der Waals surface area (Å²) >= 11 is 0. The number of imidazole rings is 1. The molecule has 0 aliphatic rings. The minimum atomic E-state index is -0.276. The fourth-order valence-electron chi connectivity index (χ4n) is 3.01. The topological polar surface area (TPSA) is 93.5 Å².